The highest BCUT2D eigenvalue weighted by molar-refractivity contribution is 7.89. The second-order valence-electron chi connectivity index (χ2n) is 7.72. The molecule has 0 saturated carbocycles. The number of amides is 1. The molecular weight excluding hydrogens is 434 g/mol. The maximum Gasteiger partial charge on any atom is 0.251 e. The van der Waals surface area contributed by atoms with E-state index in [4.69, 9.17) is 4.74 Å². The fourth-order valence-electron chi connectivity index (χ4n) is 3.77. The highest BCUT2D eigenvalue weighted by atomic mass is 32.2. The SMILES string of the molecule is COc1ccc(S(=O)(=O)N2CCC(C(=O)N=c3sc4cc(C)ccc4n3C)CC2)cc1. The molecule has 0 bridgehead atoms. The molecule has 1 saturated heterocycles. The minimum atomic E-state index is -3.59. The molecule has 1 aliphatic rings. The van der Waals surface area contributed by atoms with Gasteiger partial charge < -0.3 is 9.30 Å². The number of aryl methyl sites for hydroxylation is 2. The van der Waals surface area contributed by atoms with Crippen molar-refractivity contribution in [2.24, 2.45) is 18.0 Å². The van der Waals surface area contributed by atoms with Crippen LogP contribution < -0.4 is 9.54 Å². The molecule has 2 aromatic carbocycles. The van der Waals surface area contributed by atoms with E-state index in [0.717, 1.165) is 15.8 Å². The van der Waals surface area contributed by atoms with Gasteiger partial charge in [-0.05, 0) is 61.7 Å². The Bertz CT molecular complexity index is 1280. The van der Waals surface area contributed by atoms with Gasteiger partial charge >= 0.3 is 0 Å². The number of nitrogens with zero attached hydrogens (tertiary/aromatic N) is 3. The van der Waals surface area contributed by atoms with Crippen LogP contribution in [0.15, 0.2) is 52.4 Å². The van der Waals surface area contributed by atoms with Crippen LogP contribution in [-0.2, 0) is 21.9 Å². The predicted octanol–water partition coefficient (Wildman–Crippen LogP) is 3.09. The second kappa shape index (κ2) is 8.57. The normalized spacial score (nSPS) is 16.7. The number of sulfonamides is 1. The summed E-state index contributed by atoms with van der Waals surface area (Å²) >= 11 is 1.49. The molecule has 0 radical (unpaired) electrons. The van der Waals surface area contributed by atoms with Crippen LogP contribution >= 0.6 is 11.3 Å². The quantitative estimate of drug-likeness (QED) is 0.601. The van der Waals surface area contributed by atoms with Crippen LogP contribution in [0.4, 0.5) is 0 Å². The number of aromatic nitrogens is 1. The molecule has 0 atom stereocenters. The zero-order valence-corrected chi connectivity index (χ0v) is 19.4. The fraction of sp³-hybridized carbons (Fsp3) is 0.364. The van der Waals surface area contributed by atoms with Gasteiger partial charge in [-0.15, -0.1) is 0 Å². The number of carbonyl (C=O) groups is 1. The topological polar surface area (TPSA) is 81.0 Å². The first-order chi connectivity index (χ1) is 14.8. The van der Waals surface area contributed by atoms with Gasteiger partial charge in [-0.25, -0.2) is 8.42 Å². The van der Waals surface area contributed by atoms with Crippen LogP contribution in [0.2, 0.25) is 0 Å². The van der Waals surface area contributed by atoms with Crippen molar-refractivity contribution in [2.45, 2.75) is 24.7 Å². The van der Waals surface area contributed by atoms with E-state index < -0.39 is 10.0 Å². The summed E-state index contributed by atoms with van der Waals surface area (Å²) in [6, 6.07) is 12.5. The van der Waals surface area contributed by atoms with Gasteiger partial charge in [-0.3, -0.25) is 4.79 Å². The number of thiazole rings is 1. The molecule has 9 heteroatoms. The number of benzene rings is 2. The molecule has 0 unspecified atom stereocenters. The summed E-state index contributed by atoms with van der Waals surface area (Å²) in [5.74, 6) is 0.157. The lowest BCUT2D eigenvalue weighted by Crippen LogP contribution is -2.40. The monoisotopic (exact) mass is 459 g/mol. The van der Waals surface area contributed by atoms with Crippen LogP contribution in [0.3, 0.4) is 0 Å². The molecule has 1 aromatic heterocycles. The maximum absolute atomic E-state index is 12.9. The standard InChI is InChI=1S/C22H25N3O4S2/c1-15-4-9-19-20(14-15)30-22(24(19)2)23-21(26)16-10-12-25(13-11-16)31(27,28)18-7-5-17(29-3)6-8-18/h4-9,14,16H,10-13H2,1-3H3. The number of hydrogen-bond donors (Lipinski definition) is 0. The van der Waals surface area contributed by atoms with Gasteiger partial charge in [-0.1, -0.05) is 17.4 Å². The third kappa shape index (κ3) is 4.30. The Morgan fingerprint density at radius 3 is 2.45 bits per heavy atom. The molecule has 1 amide bonds. The van der Waals surface area contributed by atoms with E-state index >= 15 is 0 Å². The summed E-state index contributed by atoms with van der Waals surface area (Å²) in [4.78, 5) is 18.1. The number of ether oxygens (including phenoxy) is 1. The molecule has 1 fully saturated rings. The number of fused-ring (bicyclic) bond motifs is 1. The molecule has 1 aliphatic heterocycles. The smallest absolute Gasteiger partial charge is 0.251 e. The van der Waals surface area contributed by atoms with Crippen LogP contribution in [0.25, 0.3) is 10.2 Å². The van der Waals surface area contributed by atoms with Gasteiger partial charge in [0.25, 0.3) is 5.91 Å². The first-order valence-electron chi connectivity index (χ1n) is 10.1. The van der Waals surface area contributed by atoms with E-state index in [1.165, 1.54) is 22.8 Å². The van der Waals surface area contributed by atoms with Crippen molar-refractivity contribution in [1.29, 1.82) is 0 Å². The Labute approximate surface area is 185 Å². The van der Waals surface area contributed by atoms with Gasteiger partial charge in [0.1, 0.15) is 5.75 Å². The van der Waals surface area contributed by atoms with Crippen LogP contribution in [0, 0.1) is 12.8 Å². The van der Waals surface area contributed by atoms with Crippen molar-refractivity contribution in [3.05, 3.63) is 52.8 Å². The molecule has 2 heterocycles. The number of methoxy groups -OCH3 is 1. The Morgan fingerprint density at radius 1 is 1.13 bits per heavy atom. The number of piperidine rings is 1. The molecular formula is C22H25N3O4S2. The minimum absolute atomic E-state index is 0.180. The van der Waals surface area contributed by atoms with Crippen LogP contribution in [0.5, 0.6) is 5.75 Å². The first-order valence-corrected chi connectivity index (χ1v) is 12.3. The van der Waals surface area contributed by atoms with E-state index in [0.29, 0.717) is 36.5 Å². The number of hydrogen-bond acceptors (Lipinski definition) is 5. The zero-order chi connectivity index (χ0) is 22.2. The molecule has 4 rings (SSSR count). The highest BCUT2D eigenvalue weighted by Gasteiger charge is 2.32. The molecule has 0 N–H and O–H groups in total. The van der Waals surface area contributed by atoms with Crippen molar-refractivity contribution in [3.8, 4) is 5.75 Å². The summed E-state index contributed by atoms with van der Waals surface area (Å²) in [5, 5.41) is 0. The molecule has 31 heavy (non-hydrogen) atoms. The molecule has 7 nitrogen and oxygen atoms in total. The third-order valence-corrected chi connectivity index (χ3v) is 8.68. The van der Waals surface area contributed by atoms with Gasteiger partial charge in [-0.2, -0.15) is 9.30 Å². The van der Waals surface area contributed by atoms with Crippen LogP contribution in [-0.4, -0.2) is 43.4 Å². The highest BCUT2D eigenvalue weighted by Crippen LogP contribution is 2.26. The van der Waals surface area contributed by atoms with Gasteiger partial charge in [0.2, 0.25) is 10.0 Å². The first kappa shape index (κ1) is 21.7. The predicted molar refractivity (Wildman–Crippen MR) is 121 cm³/mol. The van der Waals surface area contributed by atoms with E-state index in [2.05, 4.69) is 11.1 Å². The Balaban J connectivity index is 1.47. The average molecular weight is 460 g/mol. The molecule has 0 aliphatic carbocycles. The molecule has 3 aromatic rings. The summed E-state index contributed by atoms with van der Waals surface area (Å²) in [6.07, 6.45) is 0.927. The summed E-state index contributed by atoms with van der Waals surface area (Å²) < 4.78 is 35.4. The Kier molecular flexibility index (Phi) is 6.00. The lowest BCUT2D eigenvalue weighted by atomic mass is 9.98. The van der Waals surface area contributed by atoms with E-state index in [-0.39, 0.29) is 16.7 Å². The lowest BCUT2D eigenvalue weighted by Gasteiger charge is -2.29. The lowest BCUT2D eigenvalue weighted by molar-refractivity contribution is -0.122. The van der Waals surface area contributed by atoms with Crippen molar-refractivity contribution < 1.29 is 17.9 Å². The van der Waals surface area contributed by atoms with Gasteiger partial charge in [0, 0.05) is 26.1 Å². The fourth-order valence-corrected chi connectivity index (χ4v) is 6.36. The van der Waals surface area contributed by atoms with E-state index in [9.17, 15) is 13.2 Å². The van der Waals surface area contributed by atoms with E-state index in [1.54, 1.807) is 24.3 Å². The van der Waals surface area contributed by atoms with Crippen molar-refractivity contribution in [3.63, 3.8) is 0 Å². The summed E-state index contributed by atoms with van der Waals surface area (Å²) in [5.41, 5.74) is 2.21. The number of rotatable bonds is 4. The van der Waals surface area contributed by atoms with Gasteiger partial charge in [0.05, 0.1) is 22.2 Å². The zero-order valence-electron chi connectivity index (χ0n) is 17.7. The molecule has 164 valence electrons. The summed E-state index contributed by atoms with van der Waals surface area (Å²) in [6.45, 7) is 2.64. The third-order valence-electron chi connectivity index (χ3n) is 5.67. The number of carbonyl (C=O) groups excluding carboxylic acids is 1. The minimum Gasteiger partial charge on any atom is -0.497 e. The second-order valence-corrected chi connectivity index (χ2v) is 10.7. The van der Waals surface area contributed by atoms with Crippen molar-refractivity contribution >= 4 is 37.5 Å². The molecule has 0 spiro atoms. The van der Waals surface area contributed by atoms with Crippen molar-refractivity contribution in [1.82, 2.24) is 8.87 Å². The average Bonchev–Trinajstić information content (AvgIpc) is 3.08. The van der Waals surface area contributed by atoms with Crippen molar-refractivity contribution in [2.75, 3.05) is 20.2 Å². The maximum atomic E-state index is 12.9. The van der Waals surface area contributed by atoms with E-state index in [1.807, 2.05) is 30.7 Å². The Morgan fingerprint density at radius 2 is 1.81 bits per heavy atom. The summed E-state index contributed by atoms with van der Waals surface area (Å²) in [7, 11) is -0.144. The Hall–Kier alpha value is -2.49. The largest absolute Gasteiger partial charge is 0.497 e. The van der Waals surface area contributed by atoms with Gasteiger partial charge in [0.15, 0.2) is 4.80 Å². The van der Waals surface area contributed by atoms with Crippen LogP contribution in [0.1, 0.15) is 18.4 Å².